The number of unbranched alkanes of at least 4 members (excludes halogenated alkanes) is 13. The molecule has 0 saturated carbocycles. The zero-order chi connectivity index (χ0) is 23.9. The summed E-state index contributed by atoms with van der Waals surface area (Å²) in [7, 11) is 0. The van der Waals surface area contributed by atoms with Crippen LogP contribution in [0.5, 0.6) is 0 Å². The summed E-state index contributed by atoms with van der Waals surface area (Å²) in [6.07, 6.45) is 21.6. The van der Waals surface area contributed by atoms with Crippen LogP contribution in [0.4, 0.5) is 0 Å². The summed E-state index contributed by atoms with van der Waals surface area (Å²) in [4.78, 5) is 12.1. The normalized spacial score (nSPS) is 14.5. The first kappa shape index (κ1) is 31.1. The van der Waals surface area contributed by atoms with E-state index in [4.69, 9.17) is 0 Å². The molecule has 0 spiro atoms. The number of hydrogen-bond donors (Lipinski definition) is 4. The molecule has 0 aromatic heterocycles. The van der Waals surface area contributed by atoms with Crippen molar-refractivity contribution in [3.63, 3.8) is 0 Å². The second-order valence-corrected chi connectivity index (χ2v) is 9.24. The number of carbonyl (C=O) groups is 1. The van der Waals surface area contributed by atoms with Crippen molar-refractivity contribution in [3.8, 4) is 0 Å². The number of nitrogens with one attached hydrogen (secondary N) is 1. The zero-order valence-corrected chi connectivity index (χ0v) is 21.1. The van der Waals surface area contributed by atoms with Crippen LogP contribution >= 0.6 is 0 Å². The SMILES string of the molecule is CCCCCC/C=C/CCCC(O)C(O)C(CO)NC(=O)CCCCCCCCCCC. The minimum atomic E-state index is -1.15. The fourth-order valence-corrected chi connectivity index (χ4v) is 3.92. The van der Waals surface area contributed by atoms with E-state index >= 15 is 0 Å². The van der Waals surface area contributed by atoms with Gasteiger partial charge in [-0.25, -0.2) is 0 Å². The smallest absolute Gasteiger partial charge is 0.220 e. The molecule has 190 valence electrons. The summed E-state index contributed by atoms with van der Waals surface area (Å²) >= 11 is 0. The topological polar surface area (TPSA) is 89.8 Å². The van der Waals surface area contributed by atoms with Crippen LogP contribution in [0.15, 0.2) is 12.2 Å². The molecule has 5 nitrogen and oxygen atoms in total. The summed E-state index contributed by atoms with van der Waals surface area (Å²) in [5, 5.41) is 32.8. The summed E-state index contributed by atoms with van der Waals surface area (Å²) < 4.78 is 0. The summed E-state index contributed by atoms with van der Waals surface area (Å²) in [6, 6.07) is -0.815. The van der Waals surface area contributed by atoms with Gasteiger partial charge in [0.2, 0.25) is 5.91 Å². The average molecular weight is 456 g/mol. The Hall–Kier alpha value is -0.910. The first-order valence-electron chi connectivity index (χ1n) is 13.5. The maximum atomic E-state index is 12.1. The van der Waals surface area contributed by atoms with E-state index < -0.39 is 18.2 Å². The molecule has 3 unspecified atom stereocenters. The molecule has 0 saturated heterocycles. The van der Waals surface area contributed by atoms with Gasteiger partial charge < -0.3 is 20.6 Å². The highest BCUT2D eigenvalue weighted by Gasteiger charge is 2.26. The molecule has 0 heterocycles. The van der Waals surface area contributed by atoms with Crippen molar-refractivity contribution in [1.29, 1.82) is 0 Å². The average Bonchev–Trinajstić information content (AvgIpc) is 2.79. The van der Waals surface area contributed by atoms with Crippen LogP contribution in [0, 0.1) is 0 Å². The van der Waals surface area contributed by atoms with Crippen LogP contribution in [0.25, 0.3) is 0 Å². The van der Waals surface area contributed by atoms with Gasteiger partial charge in [-0.1, -0.05) is 96.6 Å². The molecule has 32 heavy (non-hydrogen) atoms. The van der Waals surface area contributed by atoms with Gasteiger partial charge in [0.1, 0.15) is 6.10 Å². The van der Waals surface area contributed by atoms with Crippen molar-refractivity contribution in [3.05, 3.63) is 12.2 Å². The van der Waals surface area contributed by atoms with E-state index in [9.17, 15) is 20.1 Å². The van der Waals surface area contributed by atoms with Crippen molar-refractivity contribution < 1.29 is 20.1 Å². The van der Waals surface area contributed by atoms with E-state index in [1.165, 1.54) is 64.2 Å². The van der Waals surface area contributed by atoms with E-state index in [1.807, 2.05) is 0 Å². The van der Waals surface area contributed by atoms with Crippen molar-refractivity contribution in [2.75, 3.05) is 6.61 Å². The van der Waals surface area contributed by atoms with Gasteiger partial charge in [-0.3, -0.25) is 4.79 Å². The maximum Gasteiger partial charge on any atom is 0.220 e. The predicted molar refractivity (Wildman–Crippen MR) is 135 cm³/mol. The third kappa shape index (κ3) is 18.6. The fourth-order valence-electron chi connectivity index (χ4n) is 3.92. The number of amides is 1. The highest BCUT2D eigenvalue weighted by atomic mass is 16.3. The Balaban J connectivity index is 3.88. The van der Waals surface area contributed by atoms with Crippen LogP contribution in [0.2, 0.25) is 0 Å². The van der Waals surface area contributed by atoms with Gasteiger partial charge in [-0.15, -0.1) is 0 Å². The molecule has 0 aliphatic heterocycles. The lowest BCUT2D eigenvalue weighted by Crippen LogP contribution is -2.50. The molecule has 0 fully saturated rings. The van der Waals surface area contributed by atoms with E-state index in [2.05, 4.69) is 31.3 Å². The summed E-state index contributed by atoms with van der Waals surface area (Å²) in [5.74, 6) is -0.163. The number of rotatable bonds is 23. The third-order valence-electron chi connectivity index (χ3n) is 6.12. The minimum Gasteiger partial charge on any atom is -0.394 e. The number of allylic oxidation sites excluding steroid dienone is 2. The van der Waals surface area contributed by atoms with Gasteiger partial charge in [0.15, 0.2) is 0 Å². The summed E-state index contributed by atoms with van der Waals surface area (Å²) in [6.45, 7) is 4.06. The molecule has 0 radical (unpaired) electrons. The Kier molecular flexibility index (Phi) is 22.6. The van der Waals surface area contributed by atoms with Crippen molar-refractivity contribution in [2.24, 2.45) is 0 Å². The molecule has 0 aliphatic rings. The van der Waals surface area contributed by atoms with E-state index in [0.29, 0.717) is 12.8 Å². The standard InChI is InChI=1S/C27H53NO4/c1-3-5-7-9-11-13-15-17-19-21-25(30)27(32)24(23-29)28-26(31)22-20-18-16-14-12-10-8-6-4-2/h13,15,24-25,27,29-30,32H,3-12,14,16-23H2,1-2H3,(H,28,31)/b15-13+. The monoisotopic (exact) mass is 455 g/mol. The molecule has 0 aliphatic carbocycles. The van der Waals surface area contributed by atoms with Crippen molar-refractivity contribution in [2.45, 2.75) is 148 Å². The molecule has 0 bridgehead atoms. The van der Waals surface area contributed by atoms with E-state index in [-0.39, 0.29) is 12.5 Å². The molecule has 5 heteroatoms. The van der Waals surface area contributed by atoms with Gasteiger partial charge in [0, 0.05) is 6.42 Å². The molecule has 0 aromatic carbocycles. The Morgan fingerprint density at radius 3 is 1.81 bits per heavy atom. The lowest BCUT2D eigenvalue weighted by atomic mass is 10.0. The number of aliphatic hydroxyl groups excluding tert-OH is 3. The van der Waals surface area contributed by atoms with Crippen molar-refractivity contribution in [1.82, 2.24) is 5.32 Å². The van der Waals surface area contributed by atoms with Crippen LogP contribution < -0.4 is 5.32 Å². The molecule has 4 N–H and O–H groups in total. The van der Waals surface area contributed by atoms with Crippen LogP contribution in [-0.2, 0) is 4.79 Å². The highest BCUT2D eigenvalue weighted by molar-refractivity contribution is 5.76. The number of carbonyl (C=O) groups excluding carboxylic acids is 1. The Labute approximate surface area is 198 Å². The molecular formula is C27H53NO4. The second kappa shape index (κ2) is 23.3. The van der Waals surface area contributed by atoms with Gasteiger partial charge in [0.05, 0.1) is 18.8 Å². The molecule has 0 rings (SSSR count). The number of hydrogen-bond acceptors (Lipinski definition) is 4. The Morgan fingerprint density at radius 2 is 1.25 bits per heavy atom. The van der Waals surface area contributed by atoms with Crippen molar-refractivity contribution >= 4 is 5.91 Å². The maximum absolute atomic E-state index is 12.1. The molecule has 3 atom stereocenters. The van der Waals surface area contributed by atoms with Crippen LogP contribution in [0.1, 0.15) is 129 Å². The largest absolute Gasteiger partial charge is 0.394 e. The molecule has 0 aromatic rings. The summed E-state index contributed by atoms with van der Waals surface area (Å²) in [5.41, 5.74) is 0. The van der Waals surface area contributed by atoms with E-state index in [1.54, 1.807) is 0 Å². The first-order valence-corrected chi connectivity index (χ1v) is 13.5. The number of aliphatic hydroxyl groups is 3. The van der Waals surface area contributed by atoms with Gasteiger partial charge in [-0.2, -0.15) is 0 Å². The zero-order valence-electron chi connectivity index (χ0n) is 21.1. The minimum absolute atomic E-state index is 0.163. The Bertz CT molecular complexity index is 441. The van der Waals surface area contributed by atoms with E-state index in [0.717, 1.165) is 38.5 Å². The highest BCUT2D eigenvalue weighted by Crippen LogP contribution is 2.12. The third-order valence-corrected chi connectivity index (χ3v) is 6.12. The fraction of sp³-hybridized carbons (Fsp3) is 0.889. The predicted octanol–water partition coefficient (Wildman–Crippen LogP) is 5.80. The quantitative estimate of drug-likeness (QED) is 0.116. The van der Waals surface area contributed by atoms with Crippen LogP contribution in [0.3, 0.4) is 0 Å². The lowest BCUT2D eigenvalue weighted by molar-refractivity contribution is -0.124. The molecule has 1 amide bonds. The second-order valence-electron chi connectivity index (χ2n) is 9.24. The van der Waals surface area contributed by atoms with Gasteiger partial charge in [-0.05, 0) is 38.5 Å². The van der Waals surface area contributed by atoms with Gasteiger partial charge >= 0.3 is 0 Å². The van der Waals surface area contributed by atoms with Gasteiger partial charge in [0.25, 0.3) is 0 Å². The Morgan fingerprint density at radius 1 is 0.750 bits per heavy atom. The molecular weight excluding hydrogens is 402 g/mol. The van der Waals surface area contributed by atoms with Crippen LogP contribution in [-0.4, -0.2) is 46.1 Å². The first-order chi connectivity index (χ1) is 15.6. The lowest BCUT2D eigenvalue weighted by Gasteiger charge is -2.26.